The second kappa shape index (κ2) is 8.68. The van der Waals surface area contributed by atoms with Gasteiger partial charge in [0, 0.05) is 5.92 Å². The number of para-hydroxylation sites is 1. The Morgan fingerprint density at radius 1 is 1.15 bits per heavy atom. The summed E-state index contributed by atoms with van der Waals surface area (Å²) in [6.07, 6.45) is 8.31. The van der Waals surface area contributed by atoms with Gasteiger partial charge in [0.2, 0.25) is 0 Å². The van der Waals surface area contributed by atoms with Crippen molar-refractivity contribution in [3.05, 3.63) is 78.2 Å². The van der Waals surface area contributed by atoms with Gasteiger partial charge in [-0.3, -0.25) is 4.79 Å². The summed E-state index contributed by atoms with van der Waals surface area (Å²) in [4.78, 5) is 18.0. The van der Waals surface area contributed by atoms with Crippen LogP contribution in [0, 0.1) is 5.92 Å². The third-order valence-electron chi connectivity index (χ3n) is 6.04. The van der Waals surface area contributed by atoms with Gasteiger partial charge in [-0.15, -0.1) is 11.3 Å². The number of aromatic nitrogens is 1. The van der Waals surface area contributed by atoms with Crippen molar-refractivity contribution in [2.24, 2.45) is 11.0 Å². The molecule has 1 saturated carbocycles. The van der Waals surface area contributed by atoms with Crippen molar-refractivity contribution >= 4 is 51.0 Å². The van der Waals surface area contributed by atoms with Crippen molar-refractivity contribution in [1.82, 2.24) is 9.99 Å². The lowest BCUT2D eigenvalue weighted by Gasteiger charge is -2.27. The van der Waals surface area contributed by atoms with Crippen LogP contribution in [0.3, 0.4) is 0 Å². The van der Waals surface area contributed by atoms with E-state index in [2.05, 4.69) is 11.1 Å². The number of hydrogen-bond acceptors (Lipinski definition) is 7. The molecule has 1 amide bonds. The van der Waals surface area contributed by atoms with Crippen molar-refractivity contribution in [2.75, 3.05) is 5.75 Å². The smallest absolute Gasteiger partial charge is 0.253 e. The van der Waals surface area contributed by atoms with Crippen LogP contribution in [0.25, 0.3) is 16.3 Å². The number of carbonyl (C=O) groups is 1. The maximum atomic E-state index is 13.4. The van der Waals surface area contributed by atoms with Crippen LogP contribution in [-0.2, 0) is 4.79 Å². The molecule has 0 bridgehead atoms. The van der Waals surface area contributed by atoms with Crippen LogP contribution in [0.5, 0.6) is 0 Å². The van der Waals surface area contributed by atoms with Gasteiger partial charge in [-0.05, 0) is 67.3 Å². The lowest BCUT2D eigenvalue weighted by atomic mass is 9.79. The van der Waals surface area contributed by atoms with Crippen LogP contribution in [0.1, 0.15) is 36.8 Å². The van der Waals surface area contributed by atoms with Crippen LogP contribution in [0.4, 0.5) is 0 Å². The minimum Gasteiger partial charge on any atom is -0.467 e. The summed E-state index contributed by atoms with van der Waals surface area (Å²) in [7, 11) is 0. The quantitative estimate of drug-likeness (QED) is 0.312. The number of thioether (sulfide) groups is 1. The van der Waals surface area contributed by atoms with Gasteiger partial charge in [-0.25, -0.2) is 9.99 Å². The molecule has 1 fully saturated rings. The van der Waals surface area contributed by atoms with Gasteiger partial charge >= 0.3 is 0 Å². The Balaban J connectivity index is 1.28. The number of carbonyl (C=O) groups excluding carboxylic acids is 1. The minimum absolute atomic E-state index is 0.0418. The molecule has 1 aromatic carbocycles. The number of allylic oxidation sites excluding steroid dienone is 1. The normalized spacial score (nSPS) is 21.5. The van der Waals surface area contributed by atoms with E-state index < -0.39 is 0 Å². The molecule has 1 aliphatic heterocycles. The highest BCUT2D eigenvalue weighted by Gasteiger charge is 2.45. The maximum Gasteiger partial charge on any atom is 0.253 e. The van der Waals surface area contributed by atoms with E-state index in [1.807, 2.05) is 48.5 Å². The van der Waals surface area contributed by atoms with Crippen LogP contribution >= 0.6 is 23.1 Å². The van der Waals surface area contributed by atoms with E-state index in [1.54, 1.807) is 28.9 Å². The molecule has 2 atom stereocenters. The number of furan rings is 2. The molecular formula is C25H21N3O3S2. The first kappa shape index (κ1) is 20.5. The molecule has 166 valence electrons. The van der Waals surface area contributed by atoms with E-state index in [9.17, 15) is 4.79 Å². The van der Waals surface area contributed by atoms with Gasteiger partial charge in [0.15, 0.2) is 4.34 Å². The Labute approximate surface area is 199 Å². The van der Waals surface area contributed by atoms with Gasteiger partial charge in [0.1, 0.15) is 17.6 Å². The Morgan fingerprint density at radius 2 is 2.03 bits per heavy atom. The Bertz CT molecular complexity index is 1310. The Hall–Kier alpha value is -3.10. The van der Waals surface area contributed by atoms with E-state index in [1.165, 1.54) is 11.8 Å². The average Bonchev–Trinajstić information content (AvgIpc) is 3.63. The van der Waals surface area contributed by atoms with Crippen LogP contribution in [0.2, 0.25) is 0 Å². The summed E-state index contributed by atoms with van der Waals surface area (Å²) in [5.74, 6) is 1.93. The van der Waals surface area contributed by atoms with Crippen LogP contribution < -0.4 is 0 Å². The van der Waals surface area contributed by atoms with Crippen LogP contribution in [0.15, 0.2) is 84.9 Å². The number of amides is 1. The molecular weight excluding hydrogens is 454 g/mol. The average molecular weight is 476 g/mol. The molecule has 8 heteroatoms. The predicted molar refractivity (Wildman–Crippen MR) is 130 cm³/mol. The fraction of sp³-hybridized carbons (Fsp3) is 0.240. The van der Waals surface area contributed by atoms with E-state index in [0.717, 1.165) is 56.6 Å². The summed E-state index contributed by atoms with van der Waals surface area (Å²) in [6.45, 7) is 0. The minimum atomic E-state index is -0.223. The Morgan fingerprint density at radius 3 is 2.85 bits per heavy atom. The van der Waals surface area contributed by atoms with Gasteiger partial charge in [0.05, 0.1) is 34.2 Å². The number of fused-ring (bicyclic) bond motifs is 2. The number of nitrogens with zero attached hydrogens (tertiary/aromatic N) is 3. The second-order valence-electron chi connectivity index (χ2n) is 8.10. The van der Waals surface area contributed by atoms with E-state index in [-0.39, 0.29) is 23.6 Å². The van der Waals surface area contributed by atoms with Gasteiger partial charge < -0.3 is 8.83 Å². The molecule has 0 saturated heterocycles. The molecule has 4 heterocycles. The Kier molecular flexibility index (Phi) is 5.39. The summed E-state index contributed by atoms with van der Waals surface area (Å²) in [5.41, 5.74) is 3.07. The van der Waals surface area contributed by atoms with Crippen LogP contribution in [-0.4, -0.2) is 27.4 Å². The highest BCUT2D eigenvalue weighted by molar-refractivity contribution is 8.01. The summed E-state index contributed by atoms with van der Waals surface area (Å²) >= 11 is 3.08. The third kappa shape index (κ3) is 3.94. The lowest BCUT2D eigenvalue weighted by molar-refractivity contribution is -0.131. The maximum absolute atomic E-state index is 13.4. The largest absolute Gasteiger partial charge is 0.467 e. The fourth-order valence-electron chi connectivity index (χ4n) is 4.59. The molecule has 0 radical (unpaired) electrons. The summed E-state index contributed by atoms with van der Waals surface area (Å²) in [5, 5.41) is 6.50. The molecule has 33 heavy (non-hydrogen) atoms. The van der Waals surface area contributed by atoms with E-state index in [4.69, 9.17) is 13.9 Å². The highest BCUT2D eigenvalue weighted by atomic mass is 32.2. The first-order valence-electron chi connectivity index (χ1n) is 10.9. The number of thiazole rings is 1. The molecule has 1 aliphatic carbocycles. The molecule has 2 aliphatic rings. The monoisotopic (exact) mass is 475 g/mol. The summed E-state index contributed by atoms with van der Waals surface area (Å²) in [6, 6.07) is 15.4. The molecule has 6 nitrogen and oxygen atoms in total. The lowest BCUT2D eigenvalue weighted by Crippen LogP contribution is -2.32. The van der Waals surface area contributed by atoms with Crippen molar-refractivity contribution < 1.29 is 13.6 Å². The number of benzene rings is 1. The van der Waals surface area contributed by atoms with Crippen molar-refractivity contribution in [2.45, 2.75) is 29.6 Å². The standard InChI is InChI=1S/C25H21N3O3S2/c29-22(15-32-25-26-19-9-1-2-11-21(19)33-25)28-24(20-10-5-13-31-20)18-8-3-6-16(23(18)27-28)14-17-7-4-12-30-17/h1-2,4-5,7,9-14,18,24H,3,6,8,15H2. The molecule has 6 rings (SSSR count). The fourth-order valence-corrected chi connectivity index (χ4v) is 6.51. The third-order valence-corrected chi connectivity index (χ3v) is 8.21. The molecule has 4 aromatic rings. The first-order chi connectivity index (χ1) is 16.3. The van der Waals surface area contributed by atoms with Gasteiger partial charge in [-0.1, -0.05) is 23.9 Å². The predicted octanol–water partition coefficient (Wildman–Crippen LogP) is 6.40. The zero-order valence-electron chi connectivity index (χ0n) is 17.7. The first-order valence-corrected chi connectivity index (χ1v) is 12.7. The van der Waals surface area contributed by atoms with Crippen molar-refractivity contribution in [3.63, 3.8) is 0 Å². The molecule has 3 aromatic heterocycles. The van der Waals surface area contributed by atoms with E-state index >= 15 is 0 Å². The number of hydrazone groups is 1. The highest BCUT2D eigenvalue weighted by Crippen LogP contribution is 2.45. The van der Waals surface area contributed by atoms with Crippen molar-refractivity contribution in [3.8, 4) is 0 Å². The zero-order chi connectivity index (χ0) is 22.2. The van der Waals surface area contributed by atoms with E-state index in [0.29, 0.717) is 0 Å². The molecule has 0 spiro atoms. The molecule has 0 N–H and O–H groups in total. The zero-order valence-corrected chi connectivity index (χ0v) is 19.3. The van der Waals surface area contributed by atoms with Crippen molar-refractivity contribution in [1.29, 1.82) is 0 Å². The molecule has 2 unspecified atom stereocenters. The van der Waals surface area contributed by atoms with Gasteiger partial charge in [-0.2, -0.15) is 5.10 Å². The van der Waals surface area contributed by atoms with Gasteiger partial charge in [0.25, 0.3) is 5.91 Å². The second-order valence-corrected chi connectivity index (χ2v) is 10.4. The summed E-state index contributed by atoms with van der Waals surface area (Å²) < 4.78 is 13.3. The topological polar surface area (TPSA) is 71.8 Å². The number of rotatable bonds is 5. The number of hydrogen-bond donors (Lipinski definition) is 0. The SMILES string of the molecule is O=C(CSc1nc2ccccc2s1)N1N=C2C(=Cc3ccco3)CCCC2C1c1ccco1.